The van der Waals surface area contributed by atoms with Crippen LogP contribution in [0.4, 0.5) is 0 Å². The molecule has 11 aromatic rings. The zero-order chi connectivity index (χ0) is 32.5. The van der Waals surface area contributed by atoms with Crippen molar-refractivity contribution in [3.8, 4) is 22.3 Å². The van der Waals surface area contributed by atoms with Crippen molar-refractivity contribution >= 4 is 109 Å². The first kappa shape index (κ1) is 27.3. The van der Waals surface area contributed by atoms with Crippen molar-refractivity contribution in [2.75, 3.05) is 5.75 Å². The van der Waals surface area contributed by atoms with Gasteiger partial charge in [0.25, 0.3) is 0 Å². The lowest BCUT2D eigenvalue weighted by molar-refractivity contribution is 0.663. The van der Waals surface area contributed by atoms with E-state index in [0.29, 0.717) is 0 Å². The third kappa shape index (κ3) is 3.65. The highest BCUT2D eigenvalue weighted by atomic mass is 32.2. The Balaban J connectivity index is 1.20. The molecule has 4 heteroatoms. The number of benzene rings is 8. The summed E-state index contributed by atoms with van der Waals surface area (Å²) in [5, 5.41) is 12.0. The lowest BCUT2D eigenvalue weighted by Crippen LogP contribution is -1.91. The molecule has 8 aromatic carbocycles. The number of thiophene rings is 1. The first-order valence-corrected chi connectivity index (χ1v) is 18.9. The Bertz CT molecular complexity index is 3190. The normalized spacial score (nSPS) is 13.4. The van der Waals surface area contributed by atoms with E-state index in [4.69, 9.17) is 8.83 Å². The first-order chi connectivity index (χ1) is 24.8. The molecule has 0 radical (unpaired) electrons. The Labute approximate surface area is 294 Å². The standard InChI is InChI=1S/C46H26O2S2/c1-3-11-30-28(9-1)42(26-17-18-27-34-24-39-25(19-20-49-39)21-41(34)50-40(27)22-26)29-10-2-4-12-31(29)43(30)35-23-38-45(33-14-6-7-15-36(33)47-38)46-44(35)32-13-5-8-16-37(32)48-46/h1-18,21-24H,19-20H2. The highest BCUT2D eigenvalue weighted by Crippen LogP contribution is 2.50. The van der Waals surface area contributed by atoms with Gasteiger partial charge < -0.3 is 8.83 Å². The van der Waals surface area contributed by atoms with E-state index in [9.17, 15) is 0 Å². The summed E-state index contributed by atoms with van der Waals surface area (Å²) in [6.07, 6.45) is 1.17. The van der Waals surface area contributed by atoms with Gasteiger partial charge in [0.15, 0.2) is 0 Å². The number of rotatable bonds is 2. The number of hydrogen-bond donors (Lipinski definition) is 0. The predicted molar refractivity (Wildman–Crippen MR) is 214 cm³/mol. The van der Waals surface area contributed by atoms with Crippen molar-refractivity contribution in [2.45, 2.75) is 11.3 Å². The van der Waals surface area contributed by atoms with Gasteiger partial charge in [-0.2, -0.15) is 0 Å². The second kappa shape index (κ2) is 10.0. The topological polar surface area (TPSA) is 26.3 Å². The molecule has 0 amide bonds. The third-order valence-corrected chi connectivity index (χ3v) is 13.0. The fourth-order valence-electron chi connectivity index (χ4n) is 8.62. The van der Waals surface area contributed by atoms with Crippen molar-refractivity contribution in [2.24, 2.45) is 0 Å². The molecule has 234 valence electrons. The van der Waals surface area contributed by atoms with E-state index in [-0.39, 0.29) is 0 Å². The van der Waals surface area contributed by atoms with Crippen LogP contribution < -0.4 is 0 Å². The highest BCUT2D eigenvalue weighted by molar-refractivity contribution is 7.99. The Morgan fingerprint density at radius 3 is 1.82 bits per heavy atom. The molecule has 0 saturated carbocycles. The van der Waals surface area contributed by atoms with Crippen LogP contribution in [0.1, 0.15) is 5.56 Å². The van der Waals surface area contributed by atoms with Gasteiger partial charge in [0, 0.05) is 47.0 Å². The molecule has 2 nitrogen and oxygen atoms in total. The Kier molecular flexibility index (Phi) is 5.46. The van der Waals surface area contributed by atoms with Gasteiger partial charge in [-0.25, -0.2) is 0 Å². The maximum Gasteiger partial charge on any atom is 0.147 e. The lowest BCUT2D eigenvalue weighted by Gasteiger charge is -2.18. The maximum absolute atomic E-state index is 6.74. The minimum atomic E-state index is 0.838. The van der Waals surface area contributed by atoms with Crippen molar-refractivity contribution in [1.82, 2.24) is 0 Å². The highest BCUT2D eigenvalue weighted by Gasteiger charge is 2.24. The largest absolute Gasteiger partial charge is 0.456 e. The van der Waals surface area contributed by atoms with Crippen molar-refractivity contribution in [3.05, 3.63) is 139 Å². The zero-order valence-corrected chi connectivity index (χ0v) is 28.4. The molecule has 12 rings (SSSR count). The molecule has 3 aromatic heterocycles. The van der Waals surface area contributed by atoms with Gasteiger partial charge >= 0.3 is 0 Å². The number of fused-ring (bicyclic) bond motifs is 13. The first-order valence-electron chi connectivity index (χ1n) is 17.1. The van der Waals surface area contributed by atoms with E-state index < -0.39 is 0 Å². The summed E-state index contributed by atoms with van der Waals surface area (Å²) in [6.45, 7) is 0. The summed E-state index contributed by atoms with van der Waals surface area (Å²) in [7, 11) is 0. The molecule has 0 spiro atoms. The van der Waals surface area contributed by atoms with Gasteiger partial charge in [-0.1, -0.05) is 97.1 Å². The number of para-hydroxylation sites is 2. The minimum absolute atomic E-state index is 0.838. The molecule has 50 heavy (non-hydrogen) atoms. The number of hydrogen-bond acceptors (Lipinski definition) is 4. The molecule has 0 bridgehead atoms. The molecule has 1 aliphatic heterocycles. The molecule has 0 N–H and O–H groups in total. The van der Waals surface area contributed by atoms with Gasteiger partial charge in [-0.05, 0) is 92.2 Å². The van der Waals surface area contributed by atoms with Crippen molar-refractivity contribution in [3.63, 3.8) is 0 Å². The van der Waals surface area contributed by atoms with Gasteiger partial charge in [-0.15, -0.1) is 23.1 Å². The molecular formula is C46H26O2S2. The average molecular weight is 675 g/mol. The summed E-state index contributed by atoms with van der Waals surface area (Å²) >= 11 is 3.92. The summed E-state index contributed by atoms with van der Waals surface area (Å²) in [5.41, 5.74) is 9.81. The Morgan fingerprint density at radius 1 is 0.460 bits per heavy atom. The number of aryl methyl sites for hydroxylation is 1. The van der Waals surface area contributed by atoms with Crippen LogP contribution in [0.3, 0.4) is 0 Å². The summed E-state index contributed by atoms with van der Waals surface area (Å²) in [4.78, 5) is 1.45. The van der Waals surface area contributed by atoms with Crippen LogP contribution in [0.2, 0.25) is 0 Å². The van der Waals surface area contributed by atoms with E-state index in [1.54, 1.807) is 0 Å². The number of thioether (sulfide) groups is 1. The Morgan fingerprint density at radius 2 is 1.08 bits per heavy atom. The second-order valence-electron chi connectivity index (χ2n) is 13.4. The Hall–Kier alpha value is -5.55. The van der Waals surface area contributed by atoms with Crippen LogP contribution in [0.25, 0.3) is 108 Å². The lowest BCUT2D eigenvalue weighted by atomic mass is 9.84. The van der Waals surface area contributed by atoms with Crippen LogP contribution in [0.15, 0.2) is 147 Å². The smallest absolute Gasteiger partial charge is 0.147 e. The monoisotopic (exact) mass is 674 g/mol. The van der Waals surface area contributed by atoms with E-state index >= 15 is 0 Å². The summed E-state index contributed by atoms with van der Waals surface area (Å²) in [5.74, 6) is 1.19. The van der Waals surface area contributed by atoms with E-state index in [1.165, 1.54) is 81.0 Å². The third-order valence-electron chi connectivity index (χ3n) is 10.8. The van der Waals surface area contributed by atoms with Crippen LogP contribution in [-0.2, 0) is 6.42 Å². The molecule has 0 aliphatic carbocycles. The fourth-order valence-corrected chi connectivity index (χ4v) is 10.9. The fraction of sp³-hybridized carbons (Fsp3) is 0.0435. The van der Waals surface area contributed by atoms with Crippen LogP contribution >= 0.6 is 23.1 Å². The minimum Gasteiger partial charge on any atom is -0.456 e. The second-order valence-corrected chi connectivity index (χ2v) is 15.6. The quantitative estimate of drug-likeness (QED) is 0.171. The number of furan rings is 2. The summed E-state index contributed by atoms with van der Waals surface area (Å²) < 4.78 is 16.0. The molecular weight excluding hydrogens is 649 g/mol. The molecule has 4 heterocycles. The SMILES string of the molecule is c1ccc2c(c1)oc1c2c(-c2c3ccccc3c(-c3ccc4c(c3)sc3cc5c(cc34)SCC5)c3ccccc23)cc2oc3ccccc3c21. The molecule has 0 fully saturated rings. The molecule has 0 unspecified atom stereocenters. The van der Waals surface area contributed by atoms with Crippen LogP contribution in [0.5, 0.6) is 0 Å². The van der Waals surface area contributed by atoms with E-state index in [0.717, 1.165) is 49.4 Å². The van der Waals surface area contributed by atoms with Gasteiger partial charge in [0.05, 0.1) is 5.39 Å². The maximum atomic E-state index is 6.74. The van der Waals surface area contributed by atoms with Crippen LogP contribution in [-0.4, -0.2) is 5.75 Å². The van der Waals surface area contributed by atoms with Gasteiger partial charge in [0.1, 0.15) is 22.3 Å². The van der Waals surface area contributed by atoms with Crippen LogP contribution in [0, 0.1) is 0 Å². The van der Waals surface area contributed by atoms with E-state index in [2.05, 4.69) is 115 Å². The predicted octanol–water partition coefficient (Wildman–Crippen LogP) is 14.1. The molecule has 1 aliphatic rings. The zero-order valence-electron chi connectivity index (χ0n) is 26.7. The van der Waals surface area contributed by atoms with Gasteiger partial charge in [0.2, 0.25) is 0 Å². The van der Waals surface area contributed by atoms with E-state index in [1.807, 2.05) is 41.3 Å². The van der Waals surface area contributed by atoms with Crippen molar-refractivity contribution < 1.29 is 8.83 Å². The summed E-state index contributed by atoms with van der Waals surface area (Å²) in [6, 6.07) is 48.8. The molecule has 0 saturated heterocycles. The van der Waals surface area contributed by atoms with Gasteiger partial charge in [-0.3, -0.25) is 0 Å². The van der Waals surface area contributed by atoms with Crippen molar-refractivity contribution in [1.29, 1.82) is 0 Å². The molecule has 0 atom stereocenters. The average Bonchev–Trinajstić information content (AvgIpc) is 3.94.